The number of aromatic nitrogens is 1. The molecule has 0 amide bonds. The summed E-state index contributed by atoms with van der Waals surface area (Å²) in [6.07, 6.45) is 0. The van der Waals surface area contributed by atoms with Gasteiger partial charge in [-0.05, 0) is 81.2 Å². The van der Waals surface area contributed by atoms with E-state index in [0.29, 0.717) is 0 Å². The van der Waals surface area contributed by atoms with E-state index in [1.807, 2.05) is 0 Å². The van der Waals surface area contributed by atoms with Gasteiger partial charge in [-0.15, -0.1) is 0 Å². The maximum atomic E-state index is 2.44. The van der Waals surface area contributed by atoms with Crippen molar-refractivity contribution in [2.75, 3.05) is 11.9 Å². The Kier molecular flexibility index (Phi) is 5.39. The van der Waals surface area contributed by atoms with E-state index >= 15 is 0 Å². The molecule has 1 aromatic heterocycles. The molecular formula is C39H28N2. The van der Waals surface area contributed by atoms with Gasteiger partial charge in [0.15, 0.2) is 0 Å². The molecule has 0 atom stereocenters. The van der Waals surface area contributed by atoms with Gasteiger partial charge in [-0.1, -0.05) is 103 Å². The number of fused-ring (bicyclic) bond motifs is 6. The number of nitrogens with zero attached hydrogens (tertiary/aromatic N) is 2. The minimum Gasteiger partial charge on any atom is -0.345 e. The third-order valence-electron chi connectivity index (χ3n) is 8.38. The van der Waals surface area contributed by atoms with E-state index in [0.717, 1.165) is 5.69 Å². The van der Waals surface area contributed by atoms with Crippen molar-refractivity contribution in [3.8, 4) is 16.8 Å². The van der Waals surface area contributed by atoms with Crippen LogP contribution in [0.5, 0.6) is 0 Å². The van der Waals surface area contributed by atoms with Crippen LogP contribution in [0, 0.1) is 0 Å². The van der Waals surface area contributed by atoms with E-state index in [9.17, 15) is 0 Å². The van der Waals surface area contributed by atoms with Crippen LogP contribution in [0.15, 0.2) is 152 Å². The van der Waals surface area contributed by atoms with Gasteiger partial charge in [0.1, 0.15) is 0 Å². The topological polar surface area (TPSA) is 8.17 Å². The van der Waals surface area contributed by atoms with E-state index < -0.39 is 0 Å². The fourth-order valence-corrected chi connectivity index (χ4v) is 6.24. The zero-order valence-corrected chi connectivity index (χ0v) is 22.8. The molecule has 1 heterocycles. The Morgan fingerprint density at radius 2 is 1.10 bits per heavy atom. The second-order valence-corrected chi connectivity index (χ2v) is 10.7. The first kappa shape index (κ1) is 23.5. The van der Waals surface area contributed by atoms with Gasteiger partial charge in [-0.25, -0.2) is 0 Å². The number of hydrogen-bond acceptors (Lipinski definition) is 1. The lowest BCUT2D eigenvalue weighted by Gasteiger charge is -2.19. The molecule has 0 aliphatic rings. The smallest absolute Gasteiger partial charge is 0.0547 e. The van der Waals surface area contributed by atoms with Crippen LogP contribution >= 0.6 is 0 Å². The molecule has 0 saturated heterocycles. The fourth-order valence-electron chi connectivity index (χ4n) is 6.24. The van der Waals surface area contributed by atoms with Gasteiger partial charge in [0.25, 0.3) is 0 Å². The van der Waals surface area contributed by atoms with Crippen molar-refractivity contribution in [1.29, 1.82) is 0 Å². The lowest BCUT2D eigenvalue weighted by atomic mass is 10.0. The molecule has 2 nitrogen and oxygen atoms in total. The third-order valence-corrected chi connectivity index (χ3v) is 8.38. The van der Waals surface area contributed by atoms with Gasteiger partial charge in [0, 0.05) is 34.9 Å². The summed E-state index contributed by atoms with van der Waals surface area (Å²) in [5.41, 5.74) is 8.38. The molecule has 0 bridgehead atoms. The largest absolute Gasteiger partial charge is 0.345 e. The molecule has 194 valence electrons. The van der Waals surface area contributed by atoms with Crippen LogP contribution in [0.4, 0.5) is 11.4 Å². The van der Waals surface area contributed by atoms with Crippen LogP contribution in [0.3, 0.4) is 0 Å². The summed E-state index contributed by atoms with van der Waals surface area (Å²) < 4.78 is 2.44. The first-order chi connectivity index (χ1) is 20.2. The average molecular weight is 525 g/mol. The van der Waals surface area contributed by atoms with Gasteiger partial charge < -0.3 is 9.47 Å². The van der Waals surface area contributed by atoms with E-state index in [1.165, 1.54) is 65.9 Å². The van der Waals surface area contributed by atoms with Crippen molar-refractivity contribution in [2.45, 2.75) is 0 Å². The highest BCUT2D eigenvalue weighted by atomic mass is 15.1. The monoisotopic (exact) mass is 524 g/mol. The van der Waals surface area contributed by atoms with Crippen LogP contribution in [-0.4, -0.2) is 11.6 Å². The molecule has 2 heteroatoms. The summed E-state index contributed by atoms with van der Waals surface area (Å²) in [4.78, 5) is 2.22. The van der Waals surface area contributed by atoms with Crippen molar-refractivity contribution in [2.24, 2.45) is 0 Å². The molecule has 0 saturated carbocycles. The number of rotatable bonds is 4. The third kappa shape index (κ3) is 3.88. The van der Waals surface area contributed by atoms with Gasteiger partial charge >= 0.3 is 0 Å². The molecule has 0 spiro atoms. The Morgan fingerprint density at radius 1 is 0.439 bits per heavy atom. The molecule has 0 aliphatic heterocycles. The first-order valence-electron chi connectivity index (χ1n) is 14.1. The average Bonchev–Trinajstić information content (AvgIpc) is 3.39. The highest BCUT2D eigenvalue weighted by molar-refractivity contribution is 6.21. The van der Waals surface area contributed by atoms with Crippen LogP contribution < -0.4 is 4.90 Å². The zero-order chi connectivity index (χ0) is 27.3. The number of hydrogen-bond donors (Lipinski definition) is 0. The van der Waals surface area contributed by atoms with E-state index in [1.54, 1.807) is 0 Å². The van der Waals surface area contributed by atoms with Crippen molar-refractivity contribution < 1.29 is 0 Å². The Morgan fingerprint density at radius 3 is 1.93 bits per heavy atom. The Balaban J connectivity index is 1.33. The molecule has 8 rings (SSSR count). The lowest BCUT2D eigenvalue weighted by Crippen LogP contribution is -2.08. The molecule has 0 N–H and O–H groups in total. The van der Waals surface area contributed by atoms with Crippen molar-refractivity contribution in [3.05, 3.63) is 152 Å². The molecule has 0 unspecified atom stereocenters. The molecule has 41 heavy (non-hydrogen) atoms. The summed E-state index contributed by atoms with van der Waals surface area (Å²) in [7, 11) is 2.11. The standard InChI is InChI=1S/C39H28N2/c1-40(32-12-3-2-4-13-32)33-20-15-28(16-21-33)31-18-23-36-38(26-31)41(34-22-17-27-9-5-6-11-30(27)25-34)37-24-19-29-10-7-8-14-35(29)39(36)37/h2-26H,1H3. The highest BCUT2D eigenvalue weighted by Crippen LogP contribution is 2.39. The molecule has 0 fully saturated rings. The van der Waals surface area contributed by atoms with Crippen LogP contribution in [0.1, 0.15) is 0 Å². The predicted octanol–water partition coefficient (Wildman–Crippen LogP) is 10.5. The normalized spacial score (nSPS) is 11.5. The lowest BCUT2D eigenvalue weighted by molar-refractivity contribution is 1.19. The second-order valence-electron chi connectivity index (χ2n) is 10.7. The summed E-state index contributed by atoms with van der Waals surface area (Å²) in [6.45, 7) is 0. The van der Waals surface area contributed by atoms with Crippen molar-refractivity contribution in [1.82, 2.24) is 4.57 Å². The maximum Gasteiger partial charge on any atom is 0.0547 e. The summed E-state index contributed by atoms with van der Waals surface area (Å²) in [6, 6.07) is 54.9. The molecule has 7 aromatic carbocycles. The molecule has 8 aromatic rings. The number of anilines is 2. The van der Waals surface area contributed by atoms with Crippen molar-refractivity contribution in [3.63, 3.8) is 0 Å². The summed E-state index contributed by atoms with van der Waals surface area (Å²) in [5.74, 6) is 0. The molecule has 0 aliphatic carbocycles. The van der Waals surface area contributed by atoms with Crippen LogP contribution in [0.25, 0.3) is 60.2 Å². The predicted molar refractivity (Wildman–Crippen MR) is 176 cm³/mol. The number of benzene rings is 7. The van der Waals surface area contributed by atoms with Gasteiger partial charge in [-0.3, -0.25) is 0 Å². The van der Waals surface area contributed by atoms with Gasteiger partial charge in [0.2, 0.25) is 0 Å². The van der Waals surface area contributed by atoms with Gasteiger partial charge in [0.05, 0.1) is 11.0 Å². The fraction of sp³-hybridized carbons (Fsp3) is 0.0256. The molecular weight excluding hydrogens is 496 g/mol. The first-order valence-corrected chi connectivity index (χ1v) is 14.1. The Labute approximate surface area is 239 Å². The number of para-hydroxylation sites is 1. The second kappa shape index (κ2) is 9.39. The minimum absolute atomic E-state index is 1.16. The minimum atomic E-state index is 1.16. The van der Waals surface area contributed by atoms with Crippen LogP contribution in [-0.2, 0) is 0 Å². The van der Waals surface area contributed by atoms with Gasteiger partial charge in [-0.2, -0.15) is 0 Å². The Hall–Kier alpha value is -5.34. The quantitative estimate of drug-likeness (QED) is 0.222. The highest BCUT2D eigenvalue weighted by Gasteiger charge is 2.16. The zero-order valence-electron chi connectivity index (χ0n) is 22.8. The van der Waals surface area contributed by atoms with Crippen LogP contribution in [0.2, 0.25) is 0 Å². The van der Waals surface area contributed by atoms with E-state index in [-0.39, 0.29) is 0 Å². The van der Waals surface area contributed by atoms with E-state index in [4.69, 9.17) is 0 Å². The van der Waals surface area contributed by atoms with Crippen molar-refractivity contribution >= 4 is 54.7 Å². The summed E-state index contributed by atoms with van der Waals surface area (Å²) in [5, 5.41) is 7.63. The SMILES string of the molecule is CN(c1ccccc1)c1ccc(-c2ccc3c4c5ccccc5ccc4n(-c4ccc5ccccc5c4)c3c2)cc1. The summed E-state index contributed by atoms with van der Waals surface area (Å²) >= 11 is 0. The Bertz CT molecular complexity index is 2210. The maximum absolute atomic E-state index is 2.44. The van der Waals surface area contributed by atoms with E-state index in [2.05, 4.69) is 168 Å². The molecule has 0 radical (unpaired) electrons.